The average Bonchev–Trinajstić information content (AvgIpc) is 2.66. The van der Waals surface area contributed by atoms with Crippen molar-refractivity contribution in [3.8, 4) is 0 Å². The standard InChI is InChI=1S/C22H35N3O4S/c1-22(2,3)29-21(27)23-19(17-30(4)28)20(26)25-15-13-24(14-16-25)12-8-11-18-9-6-5-7-10-18/h5-7,9-10,19H,8,11-17H2,1-4H3,(H,23,27)/t19-,30?/m0/s1. The molecule has 0 saturated carbocycles. The van der Waals surface area contributed by atoms with E-state index in [4.69, 9.17) is 4.74 Å². The van der Waals surface area contributed by atoms with E-state index >= 15 is 0 Å². The van der Waals surface area contributed by atoms with E-state index in [1.807, 2.05) is 6.07 Å². The van der Waals surface area contributed by atoms with Crippen molar-refractivity contribution in [2.75, 3.05) is 44.7 Å². The number of alkyl carbamates (subject to hydrolysis) is 1. The second-order valence-electron chi connectivity index (χ2n) is 8.69. The summed E-state index contributed by atoms with van der Waals surface area (Å²) in [5, 5.41) is 2.61. The first-order chi connectivity index (χ1) is 14.1. The van der Waals surface area contributed by atoms with E-state index in [1.54, 1.807) is 25.7 Å². The molecule has 1 N–H and O–H groups in total. The van der Waals surface area contributed by atoms with Crippen LogP contribution in [-0.2, 0) is 26.8 Å². The van der Waals surface area contributed by atoms with E-state index in [0.717, 1.165) is 32.5 Å². The van der Waals surface area contributed by atoms with Crippen molar-refractivity contribution in [3.63, 3.8) is 0 Å². The summed E-state index contributed by atoms with van der Waals surface area (Å²) in [5.74, 6) is -0.116. The van der Waals surface area contributed by atoms with Gasteiger partial charge in [0.2, 0.25) is 5.91 Å². The minimum atomic E-state index is -1.22. The molecule has 1 aliphatic heterocycles. The van der Waals surface area contributed by atoms with Gasteiger partial charge in [0.05, 0.1) is 5.75 Å². The van der Waals surface area contributed by atoms with Gasteiger partial charge in [-0.3, -0.25) is 13.9 Å². The van der Waals surface area contributed by atoms with Gasteiger partial charge in [0.25, 0.3) is 0 Å². The van der Waals surface area contributed by atoms with Crippen LogP contribution in [0, 0.1) is 0 Å². The lowest BCUT2D eigenvalue weighted by Crippen LogP contribution is -2.56. The summed E-state index contributed by atoms with van der Waals surface area (Å²) in [4.78, 5) is 29.2. The third kappa shape index (κ3) is 8.83. The first kappa shape index (κ1) is 24.3. The minimum Gasteiger partial charge on any atom is -0.444 e. The molecular weight excluding hydrogens is 402 g/mol. The van der Waals surface area contributed by atoms with Gasteiger partial charge in [0, 0.05) is 43.2 Å². The van der Waals surface area contributed by atoms with Crippen molar-refractivity contribution in [1.29, 1.82) is 0 Å². The molecule has 2 rings (SSSR count). The van der Waals surface area contributed by atoms with Crippen molar-refractivity contribution >= 4 is 22.8 Å². The fourth-order valence-electron chi connectivity index (χ4n) is 3.42. The lowest BCUT2D eigenvalue weighted by molar-refractivity contribution is -0.134. The molecule has 0 aliphatic carbocycles. The lowest BCUT2D eigenvalue weighted by Gasteiger charge is -2.36. The Morgan fingerprint density at radius 2 is 1.77 bits per heavy atom. The number of carbonyl (C=O) groups is 2. The second-order valence-corrected chi connectivity index (χ2v) is 10.2. The molecule has 1 aromatic carbocycles. The highest BCUT2D eigenvalue weighted by Crippen LogP contribution is 2.10. The Morgan fingerprint density at radius 3 is 2.33 bits per heavy atom. The van der Waals surface area contributed by atoms with Gasteiger partial charge in [0.15, 0.2) is 0 Å². The number of carbonyl (C=O) groups excluding carboxylic acids is 2. The summed E-state index contributed by atoms with van der Waals surface area (Å²) in [5.41, 5.74) is 0.684. The Bertz CT molecular complexity index is 713. The predicted octanol–water partition coefficient (Wildman–Crippen LogP) is 2.04. The highest BCUT2D eigenvalue weighted by Gasteiger charge is 2.30. The van der Waals surface area contributed by atoms with Crippen LogP contribution in [0.4, 0.5) is 4.79 Å². The number of nitrogens with zero attached hydrogens (tertiary/aromatic N) is 2. The van der Waals surface area contributed by atoms with E-state index in [0.29, 0.717) is 13.1 Å². The molecule has 0 bridgehead atoms. The molecule has 0 radical (unpaired) electrons. The molecule has 1 unspecified atom stereocenters. The molecular formula is C22H35N3O4S. The Hall–Kier alpha value is -1.93. The zero-order valence-electron chi connectivity index (χ0n) is 18.6. The number of nitrogens with one attached hydrogen (secondary N) is 1. The summed E-state index contributed by atoms with van der Waals surface area (Å²) in [6, 6.07) is 9.60. The molecule has 0 aromatic heterocycles. The Kier molecular flexibility index (Phi) is 9.30. The second kappa shape index (κ2) is 11.5. The van der Waals surface area contributed by atoms with Crippen molar-refractivity contribution in [3.05, 3.63) is 35.9 Å². The zero-order valence-corrected chi connectivity index (χ0v) is 19.4. The Morgan fingerprint density at radius 1 is 1.13 bits per heavy atom. The number of ether oxygens (including phenoxy) is 1. The number of hydrogen-bond acceptors (Lipinski definition) is 5. The largest absolute Gasteiger partial charge is 0.444 e. The maximum absolute atomic E-state index is 12.9. The molecule has 0 spiro atoms. The first-order valence-electron chi connectivity index (χ1n) is 10.5. The van der Waals surface area contributed by atoms with E-state index in [2.05, 4.69) is 34.5 Å². The van der Waals surface area contributed by atoms with Gasteiger partial charge in [-0.2, -0.15) is 0 Å². The van der Waals surface area contributed by atoms with Gasteiger partial charge in [-0.05, 0) is 45.7 Å². The molecule has 7 nitrogen and oxygen atoms in total. The van der Waals surface area contributed by atoms with Crippen LogP contribution in [0.2, 0.25) is 0 Å². The maximum Gasteiger partial charge on any atom is 0.408 e. The molecule has 2 amide bonds. The minimum absolute atomic E-state index is 0.0787. The van der Waals surface area contributed by atoms with Gasteiger partial charge in [0.1, 0.15) is 11.6 Å². The third-order valence-corrected chi connectivity index (χ3v) is 5.66. The van der Waals surface area contributed by atoms with Crippen LogP contribution >= 0.6 is 0 Å². The summed E-state index contributed by atoms with van der Waals surface area (Å²) >= 11 is 0. The van der Waals surface area contributed by atoms with Gasteiger partial charge in [-0.1, -0.05) is 30.3 Å². The monoisotopic (exact) mass is 437 g/mol. The molecule has 8 heteroatoms. The molecule has 1 fully saturated rings. The molecule has 2 atom stereocenters. The van der Waals surface area contributed by atoms with Gasteiger partial charge < -0.3 is 15.0 Å². The number of piperazine rings is 1. The quantitative estimate of drug-likeness (QED) is 0.673. The Balaban J connectivity index is 1.81. The first-order valence-corrected chi connectivity index (χ1v) is 12.2. The van der Waals surface area contributed by atoms with E-state index in [1.165, 1.54) is 11.8 Å². The molecule has 1 heterocycles. The number of amides is 2. The molecule has 1 aromatic rings. The molecule has 1 aliphatic rings. The van der Waals surface area contributed by atoms with Crippen molar-refractivity contribution < 1.29 is 18.5 Å². The lowest BCUT2D eigenvalue weighted by atomic mass is 10.1. The topological polar surface area (TPSA) is 78.9 Å². The zero-order chi connectivity index (χ0) is 22.1. The number of benzene rings is 1. The van der Waals surface area contributed by atoms with Crippen molar-refractivity contribution in [2.45, 2.75) is 45.3 Å². The average molecular weight is 438 g/mol. The van der Waals surface area contributed by atoms with Crippen LogP contribution in [0.1, 0.15) is 32.8 Å². The van der Waals surface area contributed by atoms with Crippen LogP contribution in [-0.4, -0.2) is 82.4 Å². The smallest absolute Gasteiger partial charge is 0.408 e. The van der Waals surface area contributed by atoms with Gasteiger partial charge >= 0.3 is 6.09 Å². The summed E-state index contributed by atoms with van der Waals surface area (Å²) < 4.78 is 17.0. The van der Waals surface area contributed by atoms with E-state index in [9.17, 15) is 13.8 Å². The SMILES string of the molecule is CS(=O)C[C@H](NC(=O)OC(C)(C)C)C(=O)N1CCN(CCCc2ccccc2)CC1. The highest BCUT2D eigenvalue weighted by atomic mass is 32.2. The fourth-order valence-corrected chi connectivity index (χ4v) is 4.12. The van der Waals surface area contributed by atoms with Gasteiger partial charge in [-0.15, -0.1) is 0 Å². The highest BCUT2D eigenvalue weighted by molar-refractivity contribution is 7.84. The summed E-state index contributed by atoms with van der Waals surface area (Å²) in [7, 11) is -1.22. The molecule has 168 valence electrons. The third-order valence-electron chi connectivity index (χ3n) is 4.86. The number of hydrogen-bond donors (Lipinski definition) is 1. The summed E-state index contributed by atoms with van der Waals surface area (Å²) in [6.07, 6.45) is 2.99. The molecule has 1 saturated heterocycles. The number of aryl methyl sites for hydroxylation is 1. The van der Waals surface area contributed by atoms with E-state index in [-0.39, 0.29) is 11.7 Å². The molecule has 30 heavy (non-hydrogen) atoms. The van der Waals surface area contributed by atoms with Gasteiger partial charge in [-0.25, -0.2) is 4.79 Å². The van der Waals surface area contributed by atoms with Crippen molar-refractivity contribution in [2.24, 2.45) is 0 Å². The predicted molar refractivity (Wildman–Crippen MR) is 120 cm³/mol. The van der Waals surface area contributed by atoms with Crippen LogP contribution < -0.4 is 5.32 Å². The summed E-state index contributed by atoms with van der Waals surface area (Å²) in [6.45, 7) is 9.09. The van der Waals surface area contributed by atoms with Crippen molar-refractivity contribution in [1.82, 2.24) is 15.1 Å². The van der Waals surface area contributed by atoms with Crippen LogP contribution in [0.25, 0.3) is 0 Å². The van der Waals surface area contributed by atoms with Crippen LogP contribution in [0.3, 0.4) is 0 Å². The van der Waals surface area contributed by atoms with Crippen LogP contribution in [0.5, 0.6) is 0 Å². The number of rotatable bonds is 8. The van der Waals surface area contributed by atoms with E-state index < -0.39 is 28.5 Å². The maximum atomic E-state index is 12.9. The normalized spacial score (nSPS) is 17.3. The van der Waals surface area contributed by atoms with Crippen LogP contribution in [0.15, 0.2) is 30.3 Å². The Labute approximate surface area is 182 Å². The fraction of sp³-hybridized carbons (Fsp3) is 0.636.